The molecule has 0 spiro atoms. The number of hydrogen-bond acceptors (Lipinski definition) is 12. The Hall–Kier alpha value is -4.23. The first-order chi connectivity index (χ1) is 23.0. The van der Waals surface area contributed by atoms with Crippen molar-refractivity contribution < 1.29 is 57.2 Å². The van der Waals surface area contributed by atoms with E-state index in [0.29, 0.717) is 12.0 Å². The highest BCUT2D eigenvalue weighted by Gasteiger charge is 2.36. The molecular formula is C36H49NO12. The number of ether oxygens (including phenoxy) is 5. The average molecular weight is 688 g/mol. The zero-order valence-corrected chi connectivity index (χ0v) is 29.8. The van der Waals surface area contributed by atoms with E-state index in [1.807, 2.05) is 6.92 Å². The van der Waals surface area contributed by atoms with Crippen molar-refractivity contribution in [3.05, 3.63) is 46.4 Å². The summed E-state index contributed by atoms with van der Waals surface area (Å²) < 4.78 is 28.5. The number of nitrogens with one attached hydrogen (secondary N) is 1. The number of esters is 2. The first kappa shape index (κ1) is 40.9. The van der Waals surface area contributed by atoms with Crippen molar-refractivity contribution in [2.24, 2.45) is 11.8 Å². The first-order valence-corrected chi connectivity index (χ1v) is 16.2. The number of ketones is 4. The van der Waals surface area contributed by atoms with E-state index in [1.165, 1.54) is 35.2 Å². The van der Waals surface area contributed by atoms with Gasteiger partial charge in [0.2, 0.25) is 11.6 Å². The van der Waals surface area contributed by atoms with Crippen molar-refractivity contribution in [3.8, 4) is 0 Å². The predicted molar refractivity (Wildman–Crippen MR) is 177 cm³/mol. The van der Waals surface area contributed by atoms with Crippen LogP contribution in [-0.4, -0.2) is 86.7 Å². The molecule has 0 radical (unpaired) electrons. The van der Waals surface area contributed by atoms with E-state index in [0.717, 1.165) is 6.08 Å². The number of carbonyl (C=O) groups is 7. The second-order valence-electron chi connectivity index (χ2n) is 12.7. The van der Waals surface area contributed by atoms with Gasteiger partial charge in [-0.1, -0.05) is 26.0 Å². The molecule has 0 aromatic rings. The van der Waals surface area contributed by atoms with Gasteiger partial charge >= 0.3 is 11.9 Å². The summed E-state index contributed by atoms with van der Waals surface area (Å²) in [5.41, 5.74) is 0.709. The van der Waals surface area contributed by atoms with E-state index in [9.17, 15) is 33.6 Å². The summed E-state index contributed by atoms with van der Waals surface area (Å²) in [5.74, 6) is -5.03. The van der Waals surface area contributed by atoms with Gasteiger partial charge in [-0.3, -0.25) is 33.6 Å². The average Bonchev–Trinajstić information content (AvgIpc) is 3.01. The van der Waals surface area contributed by atoms with Gasteiger partial charge < -0.3 is 29.0 Å². The number of Topliss-reactive ketones (excluding diaryl/α,β-unsaturated/α-hetero) is 3. The Morgan fingerprint density at radius 3 is 2.02 bits per heavy atom. The SMILES string of the molecule is COC1=C2CC(C)CC(OC)C(OC(=O)CC(C)=O)C(C)/C=C(/C)C(OC(=O)CC(C)=O)C(OC)CC/C=C(/C)C(=O)NC(=CC1=O)C2=O. The van der Waals surface area contributed by atoms with E-state index < -0.39 is 72.6 Å². The van der Waals surface area contributed by atoms with Gasteiger partial charge in [-0.15, -0.1) is 0 Å². The second kappa shape index (κ2) is 19.1. The van der Waals surface area contributed by atoms with Gasteiger partial charge in [-0.2, -0.15) is 0 Å². The van der Waals surface area contributed by atoms with Crippen molar-refractivity contribution in [1.82, 2.24) is 5.32 Å². The molecule has 6 unspecified atom stereocenters. The highest BCUT2D eigenvalue weighted by Crippen LogP contribution is 2.31. The third-order valence-corrected chi connectivity index (χ3v) is 8.31. The van der Waals surface area contributed by atoms with E-state index in [-0.39, 0.29) is 59.3 Å². The van der Waals surface area contributed by atoms with E-state index in [4.69, 9.17) is 23.7 Å². The number of methoxy groups -OCH3 is 3. The number of fused-ring (bicyclic) bond motifs is 2. The van der Waals surface area contributed by atoms with Gasteiger partial charge in [0, 0.05) is 37.4 Å². The molecule has 0 aromatic carbocycles. The van der Waals surface area contributed by atoms with Crippen LogP contribution < -0.4 is 5.32 Å². The fourth-order valence-corrected chi connectivity index (χ4v) is 5.91. The molecule has 1 aliphatic carbocycles. The summed E-state index contributed by atoms with van der Waals surface area (Å²) in [4.78, 5) is 88.6. The molecule has 1 N–H and O–H groups in total. The van der Waals surface area contributed by atoms with Crippen molar-refractivity contribution >= 4 is 41.0 Å². The lowest BCUT2D eigenvalue weighted by molar-refractivity contribution is -0.161. The number of amides is 1. The minimum Gasteiger partial charge on any atom is -0.492 e. The fourth-order valence-electron chi connectivity index (χ4n) is 5.91. The maximum atomic E-state index is 13.6. The molecule has 270 valence electrons. The molecule has 2 aliphatic rings. The first-order valence-electron chi connectivity index (χ1n) is 16.2. The summed E-state index contributed by atoms with van der Waals surface area (Å²) in [6, 6.07) is 0. The largest absolute Gasteiger partial charge is 0.492 e. The highest BCUT2D eigenvalue weighted by molar-refractivity contribution is 6.23. The van der Waals surface area contributed by atoms with Crippen molar-refractivity contribution in [2.45, 2.75) is 104 Å². The van der Waals surface area contributed by atoms with Crippen LogP contribution in [0.2, 0.25) is 0 Å². The van der Waals surface area contributed by atoms with Gasteiger partial charge in [0.15, 0.2) is 5.76 Å². The number of allylic oxidation sites excluding steroid dienone is 3. The van der Waals surface area contributed by atoms with Crippen LogP contribution >= 0.6 is 0 Å². The molecule has 2 rings (SSSR count). The quantitative estimate of drug-likeness (QED) is 0.162. The normalized spacial score (nSPS) is 28.3. The minimum absolute atomic E-state index is 0.0662. The Kier molecular flexibility index (Phi) is 15.9. The van der Waals surface area contributed by atoms with Gasteiger partial charge in [0.25, 0.3) is 5.91 Å². The van der Waals surface area contributed by atoms with Crippen LogP contribution in [0.5, 0.6) is 0 Å². The van der Waals surface area contributed by atoms with Gasteiger partial charge in [0.1, 0.15) is 36.6 Å². The molecule has 0 fully saturated rings. The smallest absolute Gasteiger partial charge is 0.313 e. The Morgan fingerprint density at radius 1 is 0.878 bits per heavy atom. The maximum Gasteiger partial charge on any atom is 0.313 e. The third-order valence-electron chi connectivity index (χ3n) is 8.31. The van der Waals surface area contributed by atoms with E-state index in [1.54, 1.807) is 32.9 Å². The monoisotopic (exact) mass is 687 g/mol. The molecule has 0 saturated carbocycles. The zero-order chi connectivity index (χ0) is 37.0. The maximum absolute atomic E-state index is 13.6. The molecule has 2 bridgehead atoms. The highest BCUT2D eigenvalue weighted by atomic mass is 16.6. The van der Waals surface area contributed by atoms with Gasteiger partial charge in [-0.05, 0) is 64.9 Å². The van der Waals surface area contributed by atoms with Gasteiger partial charge in [-0.25, -0.2) is 0 Å². The molecule has 13 heteroatoms. The van der Waals surface area contributed by atoms with E-state index in [2.05, 4.69) is 5.32 Å². The summed E-state index contributed by atoms with van der Waals surface area (Å²) in [6.45, 7) is 9.43. The third kappa shape index (κ3) is 12.0. The second-order valence-corrected chi connectivity index (χ2v) is 12.7. The van der Waals surface area contributed by atoms with Crippen molar-refractivity contribution in [3.63, 3.8) is 0 Å². The lowest BCUT2D eigenvalue weighted by atomic mass is 9.85. The Balaban J connectivity index is 2.70. The minimum atomic E-state index is -0.954. The van der Waals surface area contributed by atoms with Crippen LogP contribution in [-0.2, 0) is 57.2 Å². The fraction of sp³-hybridized carbons (Fsp3) is 0.583. The number of rotatable bonds is 9. The van der Waals surface area contributed by atoms with Crippen LogP contribution in [0.4, 0.5) is 0 Å². The predicted octanol–water partition coefficient (Wildman–Crippen LogP) is 3.59. The Morgan fingerprint density at radius 2 is 1.47 bits per heavy atom. The molecule has 1 heterocycles. The lowest BCUT2D eigenvalue weighted by Crippen LogP contribution is -2.40. The Bertz CT molecular complexity index is 1430. The number of hydrogen-bond donors (Lipinski definition) is 1. The van der Waals surface area contributed by atoms with Crippen molar-refractivity contribution in [2.75, 3.05) is 21.3 Å². The molecule has 1 aliphatic heterocycles. The molecule has 49 heavy (non-hydrogen) atoms. The zero-order valence-electron chi connectivity index (χ0n) is 29.8. The standard InChI is InChI=1S/C36H49NO12/c1-19-13-25-32(43)26(18-27(40)35(25)47-9)37-36(44)20(2)11-10-12-28(45-7)33(48-30(41)16-23(5)38)21(3)15-22(4)34(29(14-19)46-8)49-31(42)17-24(6)39/h11,15,18-19,22,28-29,33-34H,10,12-14,16-17H2,1-9H3,(H,37,44)/b20-11-,21-15-. The Labute approximate surface area is 287 Å². The summed E-state index contributed by atoms with van der Waals surface area (Å²) in [6.07, 6.45) is 1.03. The van der Waals surface area contributed by atoms with E-state index >= 15 is 0 Å². The molecule has 6 atom stereocenters. The van der Waals surface area contributed by atoms with Crippen LogP contribution in [0, 0.1) is 11.8 Å². The van der Waals surface area contributed by atoms with Crippen LogP contribution in [0.15, 0.2) is 46.4 Å². The van der Waals surface area contributed by atoms with Gasteiger partial charge in [0.05, 0.1) is 25.0 Å². The summed E-state index contributed by atoms with van der Waals surface area (Å²) in [5, 5.41) is 2.55. The summed E-state index contributed by atoms with van der Waals surface area (Å²) in [7, 11) is 4.17. The van der Waals surface area contributed by atoms with Crippen LogP contribution in [0.1, 0.15) is 80.1 Å². The lowest BCUT2D eigenvalue weighted by Gasteiger charge is -2.33. The van der Waals surface area contributed by atoms with Crippen molar-refractivity contribution in [1.29, 1.82) is 0 Å². The van der Waals surface area contributed by atoms with Crippen LogP contribution in [0.3, 0.4) is 0 Å². The molecule has 1 amide bonds. The molecule has 0 saturated heterocycles. The summed E-state index contributed by atoms with van der Waals surface area (Å²) >= 11 is 0. The molecule has 0 aromatic heterocycles. The topological polar surface area (TPSA) is 178 Å². The molecule has 13 nitrogen and oxygen atoms in total. The molecular weight excluding hydrogens is 638 g/mol. The van der Waals surface area contributed by atoms with Crippen LogP contribution in [0.25, 0.3) is 0 Å². The number of carbonyl (C=O) groups excluding carboxylic acids is 7.